The first-order valence-corrected chi connectivity index (χ1v) is 11.1. The minimum absolute atomic E-state index is 0.0904. The summed E-state index contributed by atoms with van der Waals surface area (Å²) in [5, 5.41) is 3.97. The number of nitrogens with zero attached hydrogens (tertiary/aromatic N) is 2. The standard InChI is InChI=1S/C21H25N3O6S/c1-28-18-13-20(30-3)19(29-2)12-16(18)14-22-23-21(25)15-7-6-8-17(11-15)31(26,27)24-9-4-5-10-24/h6-8,11-14H,4-5,9-10H2,1-3H3,(H,23,25)/b22-14+. The maximum absolute atomic E-state index is 12.7. The van der Waals surface area contributed by atoms with Gasteiger partial charge in [-0.05, 0) is 37.1 Å². The van der Waals surface area contributed by atoms with Gasteiger partial charge in [-0.2, -0.15) is 9.41 Å². The minimum atomic E-state index is -3.61. The summed E-state index contributed by atoms with van der Waals surface area (Å²) in [6.07, 6.45) is 3.09. The smallest absolute Gasteiger partial charge is 0.271 e. The Kier molecular flexibility index (Phi) is 7.13. The Morgan fingerprint density at radius 3 is 2.29 bits per heavy atom. The van der Waals surface area contributed by atoms with Crippen LogP contribution in [0.5, 0.6) is 17.2 Å². The summed E-state index contributed by atoms with van der Waals surface area (Å²) in [6, 6.07) is 9.23. The van der Waals surface area contributed by atoms with Gasteiger partial charge in [0.25, 0.3) is 5.91 Å². The van der Waals surface area contributed by atoms with Crippen LogP contribution in [0.2, 0.25) is 0 Å². The second-order valence-electron chi connectivity index (χ2n) is 6.79. The van der Waals surface area contributed by atoms with Crippen molar-refractivity contribution in [3.63, 3.8) is 0 Å². The van der Waals surface area contributed by atoms with E-state index < -0.39 is 15.9 Å². The number of hydrogen-bond acceptors (Lipinski definition) is 7. The summed E-state index contributed by atoms with van der Waals surface area (Å²) in [6.45, 7) is 0.992. The van der Waals surface area contributed by atoms with Crippen molar-refractivity contribution in [1.29, 1.82) is 0 Å². The number of amides is 1. The van der Waals surface area contributed by atoms with E-state index >= 15 is 0 Å². The number of benzene rings is 2. The Hall–Kier alpha value is -3.11. The first-order valence-electron chi connectivity index (χ1n) is 9.64. The number of hydrazone groups is 1. The SMILES string of the molecule is COc1cc(OC)c(OC)cc1/C=N/NC(=O)c1cccc(S(=O)(=O)N2CCCC2)c1. The maximum Gasteiger partial charge on any atom is 0.271 e. The van der Waals surface area contributed by atoms with Crippen LogP contribution in [0.1, 0.15) is 28.8 Å². The lowest BCUT2D eigenvalue weighted by molar-refractivity contribution is 0.0955. The van der Waals surface area contributed by atoms with E-state index in [0.29, 0.717) is 35.9 Å². The summed E-state index contributed by atoms with van der Waals surface area (Å²) in [5.41, 5.74) is 3.16. The number of methoxy groups -OCH3 is 3. The fourth-order valence-electron chi connectivity index (χ4n) is 3.25. The Morgan fingerprint density at radius 1 is 1.00 bits per heavy atom. The summed E-state index contributed by atoms with van der Waals surface area (Å²) in [5.74, 6) is 0.927. The highest BCUT2D eigenvalue weighted by Crippen LogP contribution is 2.33. The molecule has 31 heavy (non-hydrogen) atoms. The molecule has 0 radical (unpaired) electrons. The van der Waals surface area contributed by atoms with Crippen LogP contribution < -0.4 is 19.6 Å². The summed E-state index contributed by atoms with van der Waals surface area (Å²) >= 11 is 0. The van der Waals surface area contributed by atoms with E-state index in [1.807, 2.05) is 0 Å². The molecule has 1 aliphatic rings. The number of carbonyl (C=O) groups excluding carboxylic acids is 1. The molecular formula is C21H25N3O6S. The molecule has 0 spiro atoms. The van der Waals surface area contributed by atoms with Gasteiger partial charge in [0.1, 0.15) is 5.75 Å². The predicted octanol–water partition coefficient (Wildman–Crippen LogP) is 2.26. The van der Waals surface area contributed by atoms with Crippen LogP contribution >= 0.6 is 0 Å². The van der Waals surface area contributed by atoms with Gasteiger partial charge in [0.2, 0.25) is 10.0 Å². The fraction of sp³-hybridized carbons (Fsp3) is 0.333. The van der Waals surface area contributed by atoms with Gasteiger partial charge >= 0.3 is 0 Å². The van der Waals surface area contributed by atoms with Crippen LogP contribution in [0.15, 0.2) is 46.4 Å². The Morgan fingerprint density at radius 2 is 1.65 bits per heavy atom. The van der Waals surface area contributed by atoms with Crippen LogP contribution in [0.3, 0.4) is 0 Å². The second kappa shape index (κ2) is 9.80. The molecule has 1 saturated heterocycles. The van der Waals surface area contributed by atoms with E-state index in [1.54, 1.807) is 18.2 Å². The molecule has 1 heterocycles. The molecular weight excluding hydrogens is 422 g/mol. The van der Waals surface area contributed by atoms with E-state index in [9.17, 15) is 13.2 Å². The summed E-state index contributed by atoms with van der Waals surface area (Å²) in [7, 11) is 0.922. The zero-order valence-electron chi connectivity index (χ0n) is 17.6. The summed E-state index contributed by atoms with van der Waals surface area (Å²) in [4.78, 5) is 12.6. The van der Waals surface area contributed by atoms with Crippen molar-refractivity contribution >= 4 is 22.1 Å². The number of hydrogen-bond donors (Lipinski definition) is 1. The van der Waals surface area contributed by atoms with Crippen molar-refractivity contribution < 1.29 is 27.4 Å². The lowest BCUT2D eigenvalue weighted by atomic mass is 10.2. The highest BCUT2D eigenvalue weighted by molar-refractivity contribution is 7.89. The quantitative estimate of drug-likeness (QED) is 0.491. The van der Waals surface area contributed by atoms with Crippen LogP contribution in [-0.2, 0) is 10.0 Å². The lowest BCUT2D eigenvalue weighted by Gasteiger charge is -2.15. The molecule has 1 aliphatic heterocycles. The van der Waals surface area contributed by atoms with Gasteiger partial charge in [-0.1, -0.05) is 6.07 Å². The van der Waals surface area contributed by atoms with Crippen LogP contribution in [-0.4, -0.2) is 59.3 Å². The molecule has 2 aromatic rings. The van der Waals surface area contributed by atoms with Crippen molar-refractivity contribution in [3.05, 3.63) is 47.5 Å². The number of nitrogens with one attached hydrogen (secondary N) is 1. The molecule has 0 atom stereocenters. The number of sulfonamides is 1. The van der Waals surface area contributed by atoms with E-state index in [2.05, 4.69) is 10.5 Å². The number of ether oxygens (including phenoxy) is 3. The molecule has 2 aromatic carbocycles. The monoisotopic (exact) mass is 447 g/mol. The largest absolute Gasteiger partial charge is 0.496 e. The van der Waals surface area contributed by atoms with Crippen molar-refractivity contribution in [2.24, 2.45) is 5.10 Å². The van der Waals surface area contributed by atoms with Crippen molar-refractivity contribution in [3.8, 4) is 17.2 Å². The van der Waals surface area contributed by atoms with E-state index in [-0.39, 0.29) is 10.5 Å². The first kappa shape index (κ1) is 22.6. The third kappa shape index (κ3) is 4.97. The van der Waals surface area contributed by atoms with E-state index in [1.165, 1.54) is 50.0 Å². The van der Waals surface area contributed by atoms with Crippen LogP contribution in [0.4, 0.5) is 0 Å². The molecule has 1 amide bonds. The average molecular weight is 448 g/mol. The Bertz CT molecular complexity index is 1080. The normalized spacial score (nSPS) is 14.5. The second-order valence-corrected chi connectivity index (χ2v) is 8.73. The molecule has 1 fully saturated rings. The third-order valence-corrected chi connectivity index (χ3v) is 6.80. The van der Waals surface area contributed by atoms with Crippen molar-refractivity contribution in [1.82, 2.24) is 9.73 Å². The van der Waals surface area contributed by atoms with Crippen LogP contribution in [0, 0.1) is 0 Å². The molecule has 3 rings (SSSR count). The summed E-state index contributed by atoms with van der Waals surface area (Å²) < 4.78 is 42.7. The molecule has 0 aromatic heterocycles. The molecule has 0 unspecified atom stereocenters. The topological polar surface area (TPSA) is 107 Å². The number of carbonyl (C=O) groups is 1. The number of rotatable bonds is 8. The molecule has 166 valence electrons. The van der Waals surface area contributed by atoms with Crippen LogP contribution in [0.25, 0.3) is 0 Å². The van der Waals surface area contributed by atoms with Gasteiger partial charge in [-0.25, -0.2) is 13.8 Å². The highest BCUT2D eigenvalue weighted by atomic mass is 32.2. The first-order chi connectivity index (χ1) is 14.9. The molecule has 1 N–H and O–H groups in total. The van der Waals surface area contributed by atoms with E-state index in [0.717, 1.165) is 12.8 Å². The Balaban J connectivity index is 1.76. The van der Waals surface area contributed by atoms with E-state index in [4.69, 9.17) is 14.2 Å². The fourth-order valence-corrected chi connectivity index (χ4v) is 4.82. The molecule has 0 bridgehead atoms. The molecule has 0 saturated carbocycles. The molecule has 9 nitrogen and oxygen atoms in total. The molecule has 10 heteroatoms. The maximum atomic E-state index is 12.7. The molecule has 0 aliphatic carbocycles. The lowest BCUT2D eigenvalue weighted by Crippen LogP contribution is -2.28. The Labute approximate surface area is 181 Å². The van der Waals surface area contributed by atoms with Gasteiger partial charge in [-0.15, -0.1) is 0 Å². The van der Waals surface area contributed by atoms with Crippen molar-refractivity contribution in [2.75, 3.05) is 34.4 Å². The van der Waals surface area contributed by atoms with Gasteiger partial charge in [0.05, 0.1) is 32.4 Å². The minimum Gasteiger partial charge on any atom is -0.496 e. The predicted molar refractivity (Wildman–Crippen MR) is 116 cm³/mol. The zero-order valence-corrected chi connectivity index (χ0v) is 18.4. The van der Waals surface area contributed by atoms with Gasteiger partial charge in [0, 0.05) is 30.3 Å². The van der Waals surface area contributed by atoms with Gasteiger partial charge < -0.3 is 14.2 Å². The third-order valence-electron chi connectivity index (χ3n) is 4.90. The van der Waals surface area contributed by atoms with Gasteiger partial charge in [0.15, 0.2) is 11.5 Å². The highest BCUT2D eigenvalue weighted by Gasteiger charge is 2.27. The van der Waals surface area contributed by atoms with Crippen molar-refractivity contribution in [2.45, 2.75) is 17.7 Å². The zero-order chi connectivity index (χ0) is 22.4. The van der Waals surface area contributed by atoms with Gasteiger partial charge in [-0.3, -0.25) is 4.79 Å². The average Bonchev–Trinajstić information content (AvgIpc) is 3.34.